The number of nitrogens with one attached hydrogen (secondary N) is 1. The summed E-state index contributed by atoms with van der Waals surface area (Å²) >= 11 is 9.31. The molecule has 0 unspecified atom stereocenters. The smallest absolute Gasteiger partial charge is 0.133 e. The quantitative estimate of drug-likeness (QED) is 0.877. The van der Waals surface area contributed by atoms with E-state index in [4.69, 9.17) is 16.3 Å². The maximum atomic E-state index is 5.84. The molecule has 0 spiro atoms. The number of hydrogen-bond acceptors (Lipinski definition) is 2. The molecule has 0 radical (unpaired) electrons. The fraction of sp³-hybridized carbons (Fsp3) is 0.143. The fourth-order valence-corrected chi connectivity index (χ4v) is 2.31. The predicted octanol–water partition coefficient (Wildman–Crippen LogP) is 4.72. The Labute approximate surface area is 120 Å². The van der Waals surface area contributed by atoms with Gasteiger partial charge < -0.3 is 10.1 Å². The third kappa shape index (κ3) is 3.40. The molecule has 0 saturated heterocycles. The number of halogens is 2. The van der Waals surface area contributed by atoms with Gasteiger partial charge in [0.1, 0.15) is 5.75 Å². The molecule has 0 saturated carbocycles. The highest BCUT2D eigenvalue weighted by Gasteiger charge is 2.01. The molecule has 0 aromatic heterocycles. The van der Waals surface area contributed by atoms with Crippen LogP contribution in [0.5, 0.6) is 5.75 Å². The molecule has 2 rings (SSSR count). The van der Waals surface area contributed by atoms with Crippen molar-refractivity contribution < 1.29 is 4.74 Å². The lowest BCUT2D eigenvalue weighted by molar-refractivity contribution is 0.412. The van der Waals surface area contributed by atoms with Crippen LogP contribution in [0, 0.1) is 0 Å². The summed E-state index contributed by atoms with van der Waals surface area (Å²) in [5.74, 6) is 0.838. The second-order valence-corrected chi connectivity index (χ2v) is 5.12. The molecule has 18 heavy (non-hydrogen) atoms. The van der Waals surface area contributed by atoms with E-state index in [1.54, 1.807) is 7.11 Å². The summed E-state index contributed by atoms with van der Waals surface area (Å²) < 4.78 is 6.15. The van der Waals surface area contributed by atoms with E-state index in [2.05, 4.69) is 21.2 Å². The second-order valence-electron chi connectivity index (χ2n) is 3.83. The topological polar surface area (TPSA) is 21.3 Å². The molecule has 2 aromatic rings. The van der Waals surface area contributed by atoms with Crippen LogP contribution in [0.1, 0.15) is 5.56 Å². The highest BCUT2D eigenvalue weighted by molar-refractivity contribution is 9.10. The Morgan fingerprint density at radius 1 is 1.17 bits per heavy atom. The third-order valence-corrected chi connectivity index (χ3v) is 3.43. The molecule has 0 aliphatic heterocycles. The lowest BCUT2D eigenvalue weighted by Crippen LogP contribution is -1.99. The molecule has 0 aliphatic rings. The van der Waals surface area contributed by atoms with Crippen molar-refractivity contribution in [3.8, 4) is 5.75 Å². The molecular weight excluding hydrogens is 314 g/mol. The number of anilines is 1. The largest absolute Gasteiger partial charge is 0.496 e. The van der Waals surface area contributed by atoms with E-state index < -0.39 is 0 Å². The van der Waals surface area contributed by atoms with Gasteiger partial charge >= 0.3 is 0 Å². The molecule has 94 valence electrons. The maximum Gasteiger partial charge on any atom is 0.133 e. The number of methoxy groups -OCH3 is 1. The number of rotatable bonds is 4. The van der Waals surface area contributed by atoms with E-state index in [0.717, 1.165) is 27.5 Å². The summed E-state index contributed by atoms with van der Waals surface area (Å²) in [7, 11) is 1.66. The van der Waals surface area contributed by atoms with Crippen LogP contribution in [0.25, 0.3) is 0 Å². The van der Waals surface area contributed by atoms with Gasteiger partial charge in [0, 0.05) is 17.3 Å². The summed E-state index contributed by atoms with van der Waals surface area (Å²) in [4.78, 5) is 0. The van der Waals surface area contributed by atoms with E-state index in [0.29, 0.717) is 0 Å². The van der Waals surface area contributed by atoms with Crippen LogP contribution >= 0.6 is 27.5 Å². The van der Waals surface area contributed by atoms with Crippen LogP contribution in [-0.2, 0) is 6.54 Å². The molecule has 1 N–H and O–H groups in total. The van der Waals surface area contributed by atoms with Crippen molar-refractivity contribution in [3.05, 3.63) is 57.5 Å². The average molecular weight is 327 g/mol. The first kappa shape index (κ1) is 13.2. The van der Waals surface area contributed by atoms with E-state index in [1.165, 1.54) is 5.56 Å². The first-order chi connectivity index (χ1) is 8.69. The Morgan fingerprint density at radius 3 is 2.50 bits per heavy atom. The molecule has 0 amide bonds. The normalized spacial score (nSPS) is 10.2. The third-order valence-electron chi connectivity index (χ3n) is 2.56. The zero-order chi connectivity index (χ0) is 13.0. The van der Waals surface area contributed by atoms with Crippen molar-refractivity contribution in [3.63, 3.8) is 0 Å². The van der Waals surface area contributed by atoms with Gasteiger partial charge in [0.15, 0.2) is 0 Å². The van der Waals surface area contributed by atoms with Gasteiger partial charge in [-0.3, -0.25) is 0 Å². The number of hydrogen-bond donors (Lipinski definition) is 1. The Kier molecular flexibility index (Phi) is 4.50. The summed E-state index contributed by atoms with van der Waals surface area (Å²) in [5.41, 5.74) is 2.23. The summed E-state index contributed by atoms with van der Waals surface area (Å²) in [6, 6.07) is 13.7. The zero-order valence-corrected chi connectivity index (χ0v) is 12.3. The average Bonchev–Trinajstić information content (AvgIpc) is 2.38. The van der Waals surface area contributed by atoms with Crippen molar-refractivity contribution in [2.24, 2.45) is 0 Å². The van der Waals surface area contributed by atoms with Gasteiger partial charge in [-0.05, 0) is 57.9 Å². The molecular formula is C14H13BrClNO. The van der Waals surface area contributed by atoms with Gasteiger partial charge in [0.2, 0.25) is 0 Å². The SMILES string of the molecule is COc1ccc(CNc2ccc(Cl)cc2)cc1Br. The first-order valence-electron chi connectivity index (χ1n) is 5.51. The Balaban J connectivity index is 2.02. The lowest BCUT2D eigenvalue weighted by atomic mass is 10.2. The Morgan fingerprint density at radius 2 is 1.89 bits per heavy atom. The molecule has 0 bridgehead atoms. The van der Waals surface area contributed by atoms with Crippen LogP contribution in [0.3, 0.4) is 0 Å². The number of ether oxygens (including phenoxy) is 1. The van der Waals surface area contributed by atoms with Crippen LogP contribution in [0.4, 0.5) is 5.69 Å². The molecule has 4 heteroatoms. The summed E-state index contributed by atoms with van der Waals surface area (Å²) in [5, 5.41) is 4.08. The fourth-order valence-electron chi connectivity index (χ4n) is 1.59. The van der Waals surface area contributed by atoms with Gasteiger partial charge in [-0.1, -0.05) is 17.7 Å². The van der Waals surface area contributed by atoms with E-state index >= 15 is 0 Å². The molecule has 0 heterocycles. The lowest BCUT2D eigenvalue weighted by Gasteiger charge is -2.09. The predicted molar refractivity (Wildman–Crippen MR) is 79.5 cm³/mol. The first-order valence-corrected chi connectivity index (χ1v) is 6.68. The number of benzene rings is 2. The zero-order valence-electron chi connectivity index (χ0n) is 9.91. The minimum absolute atomic E-state index is 0.743. The van der Waals surface area contributed by atoms with Crippen molar-refractivity contribution in [2.45, 2.75) is 6.54 Å². The van der Waals surface area contributed by atoms with Crippen LogP contribution in [-0.4, -0.2) is 7.11 Å². The molecule has 2 aromatic carbocycles. The molecule has 0 atom stereocenters. The summed E-state index contributed by atoms with van der Waals surface area (Å²) in [6.07, 6.45) is 0. The maximum absolute atomic E-state index is 5.84. The van der Waals surface area contributed by atoms with Gasteiger partial charge in [0.25, 0.3) is 0 Å². The van der Waals surface area contributed by atoms with Crippen molar-refractivity contribution in [2.75, 3.05) is 12.4 Å². The van der Waals surface area contributed by atoms with Gasteiger partial charge in [-0.2, -0.15) is 0 Å². The standard InChI is InChI=1S/C14H13BrClNO/c1-18-14-7-2-10(8-13(14)15)9-17-12-5-3-11(16)4-6-12/h2-8,17H,9H2,1H3. The van der Waals surface area contributed by atoms with Gasteiger partial charge in [-0.25, -0.2) is 0 Å². The Hall–Kier alpha value is -1.19. The highest BCUT2D eigenvalue weighted by atomic mass is 79.9. The minimum Gasteiger partial charge on any atom is -0.496 e. The van der Waals surface area contributed by atoms with E-state index in [9.17, 15) is 0 Å². The van der Waals surface area contributed by atoms with Crippen molar-refractivity contribution in [1.29, 1.82) is 0 Å². The van der Waals surface area contributed by atoms with Gasteiger partial charge in [-0.15, -0.1) is 0 Å². The molecule has 2 nitrogen and oxygen atoms in total. The summed E-state index contributed by atoms with van der Waals surface area (Å²) in [6.45, 7) is 0.754. The van der Waals surface area contributed by atoms with Crippen LogP contribution in [0.15, 0.2) is 46.9 Å². The molecule has 0 aliphatic carbocycles. The van der Waals surface area contributed by atoms with Crippen LogP contribution in [0.2, 0.25) is 5.02 Å². The van der Waals surface area contributed by atoms with Crippen molar-refractivity contribution in [1.82, 2.24) is 0 Å². The van der Waals surface area contributed by atoms with Crippen molar-refractivity contribution >= 4 is 33.2 Å². The van der Waals surface area contributed by atoms with E-state index in [1.807, 2.05) is 42.5 Å². The molecule has 0 fully saturated rings. The highest BCUT2D eigenvalue weighted by Crippen LogP contribution is 2.25. The van der Waals surface area contributed by atoms with Crippen LogP contribution < -0.4 is 10.1 Å². The van der Waals surface area contributed by atoms with Gasteiger partial charge in [0.05, 0.1) is 11.6 Å². The minimum atomic E-state index is 0.743. The second kappa shape index (κ2) is 6.12. The Bertz CT molecular complexity index is 528. The van der Waals surface area contributed by atoms with E-state index in [-0.39, 0.29) is 0 Å². The monoisotopic (exact) mass is 325 g/mol.